The standard InChI is InChI=1S/C11H8BrNO2/c1-7-8-4-2-3-5-9(8)11(13(14)15)6-10(7)12/h2-6H,1H3. The van der Waals surface area contributed by atoms with Crippen LogP contribution in [0.5, 0.6) is 0 Å². The zero-order chi connectivity index (χ0) is 11.0. The van der Waals surface area contributed by atoms with Gasteiger partial charge in [-0.05, 0) is 23.9 Å². The van der Waals surface area contributed by atoms with Gasteiger partial charge in [-0.3, -0.25) is 10.1 Å². The van der Waals surface area contributed by atoms with Crippen LogP contribution in [-0.4, -0.2) is 4.92 Å². The van der Waals surface area contributed by atoms with Crippen molar-refractivity contribution >= 4 is 32.4 Å². The summed E-state index contributed by atoms with van der Waals surface area (Å²) in [5.41, 5.74) is 1.17. The third-order valence-corrected chi connectivity index (χ3v) is 3.25. The van der Waals surface area contributed by atoms with Crippen molar-refractivity contribution in [1.82, 2.24) is 0 Å². The first-order valence-corrected chi connectivity index (χ1v) is 5.23. The van der Waals surface area contributed by atoms with E-state index in [0.717, 1.165) is 15.4 Å². The van der Waals surface area contributed by atoms with E-state index in [1.165, 1.54) is 0 Å². The number of nitro benzene ring substituents is 1. The molecule has 0 spiro atoms. The summed E-state index contributed by atoms with van der Waals surface area (Å²) in [6.45, 7) is 1.94. The van der Waals surface area contributed by atoms with Crippen molar-refractivity contribution in [2.75, 3.05) is 0 Å². The van der Waals surface area contributed by atoms with Crippen LogP contribution in [0.15, 0.2) is 34.8 Å². The second kappa shape index (κ2) is 3.62. The summed E-state index contributed by atoms with van der Waals surface area (Å²) < 4.78 is 0.771. The number of non-ortho nitro benzene ring substituents is 1. The lowest BCUT2D eigenvalue weighted by Gasteiger charge is -2.05. The van der Waals surface area contributed by atoms with Crippen molar-refractivity contribution in [3.8, 4) is 0 Å². The molecule has 0 atom stereocenters. The molecular weight excluding hydrogens is 258 g/mol. The van der Waals surface area contributed by atoms with Crippen LogP contribution in [0.1, 0.15) is 5.56 Å². The Morgan fingerprint density at radius 3 is 2.47 bits per heavy atom. The Morgan fingerprint density at radius 2 is 1.87 bits per heavy atom. The Labute approximate surface area is 95.0 Å². The average Bonchev–Trinajstić information content (AvgIpc) is 2.23. The van der Waals surface area contributed by atoms with Gasteiger partial charge in [0.05, 0.1) is 10.3 Å². The molecule has 0 saturated carbocycles. The molecule has 0 aliphatic carbocycles. The molecule has 0 amide bonds. The smallest absolute Gasteiger partial charge is 0.258 e. The number of nitrogens with zero attached hydrogens (tertiary/aromatic N) is 1. The zero-order valence-electron chi connectivity index (χ0n) is 8.03. The number of benzene rings is 2. The Morgan fingerprint density at radius 1 is 1.27 bits per heavy atom. The Bertz CT molecular complexity index is 552. The molecule has 76 valence electrons. The summed E-state index contributed by atoms with van der Waals surface area (Å²) in [6.07, 6.45) is 0. The number of fused-ring (bicyclic) bond motifs is 1. The number of aryl methyl sites for hydroxylation is 1. The summed E-state index contributed by atoms with van der Waals surface area (Å²) in [4.78, 5) is 10.5. The largest absolute Gasteiger partial charge is 0.278 e. The first-order chi connectivity index (χ1) is 7.11. The lowest BCUT2D eigenvalue weighted by molar-refractivity contribution is -0.383. The second-order valence-electron chi connectivity index (χ2n) is 3.31. The molecule has 2 rings (SSSR count). The predicted octanol–water partition coefficient (Wildman–Crippen LogP) is 3.82. The van der Waals surface area contributed by atoms with E-state index in [1.54, 1.807) is 12.1 Å². The second-order valence-corrected chi connectivity index (χ2v) is 4.16. The Balaban J connectivity index is 2.94. The van der Waals surface area contributed by atoms with E-state index in [1.807, 2.05) is 25.1 Å². The van der Waals surface area contributed by atoms with Crippen LogP contribution in [0.2, 0.25) is 0 Å². The molecule has 0 radical (unpaired) electrons. The number of rotatable bonds is 1. The van der Waals surface area contributed by atoms with Gasteiger partial charge in [-0.2, -0.15) is 0 Å². The Kier molecular flexibility index (Phi) is 2.44. The minimum absolute atomic E-state index is 0.142. The summed E-state index contributed by atoms with van der Waals surface area (Å²) >= 11 is 3.33. The summed E-state index contributed by atoms with van der Waals surface area (Å²) in [6, 6.07) is 8.90. The number of halogens is 1. The molecule has 3 nitrogen and oxygen atoms in total. The van der Waals surface area contributed by atoms with Gasteiger partial charge in [-0.25, -0.2) is 0 Å². The number of hydrogen-bond donors (Lipinski definition) is 0. The van der Waals surface area contributed by atoms with E-state index in [-0.39, 0.29) is 10.6 Å². The highest BCUT2D eigenvalue weighted by Crippen LogP contribution is 2.33. The molecule has 0 fully saturated rings. The molecule has 2 aromatic carbocycles. The van der Waals surface area contributed by atoms with E-state index in [4.69, 9.17) is 0 Å². The van der Waals surface area contributed by atoms with E-state index in [0.29, 0.717) is 5.39 Å². The maximum atomic E-state index is 10.9. The molecule has 0 saturated heterocycles. The van der Waals surface area contributed by atoms with E-state index in [2.05, 4.69) is 15.9 Å². The normalized spacial score (nSPS) is 10.5. The van der Waals surface area contributed by atoms with Crippen LogP contribution in [-0.2, 0) is 0 Å². The summed E-state index contributed by atoms with van der Waals surface area (Å²) in [5.74, 6) is 0. The van der Waals surface area contributed by atoms with Crippen molar-refractivity contribution in [2.24, 2.45) is 0 Å². The highest BCUT2D eigenvalue weighted by atomic mass is 79.9. The van der Waals surface area contributed by atoms with Gasteiger partial charge < -0.3 is 0 Å². The molecule has 15 heavy (non-hydrogen) atoms. The van der Waals surface area contributed by atoms with Gasteiger partial charge in [0.2, 0.25) is 0 Å². The van der Waals surface area contributed by atoms with Crippen molar-refractivity contribution < 1.29 is 4.92 Å². The fourth-order valence-corrected chi connectivity index (χ4v) is 2.05. The molecule has 0 unspecified atom stereocenters. The highest BCUT2D eigenvalue weighted by molar-refractivity contribution is 9.10. The maximum Gasteiger partial charge on any atom is 0.278 e. The van der Waals surface area contributed by atoms with Crippen molar-refractivity contribution in [1.29, 1.82) is 0 Å². The molecule has 0 N–H and O–H groups in total. The van der Waals surface area contributed by atoms with E-state index >= 15 is 0 Å². The zero-order valence-corrected chi connectivity index (χ0v) is 9.61. The predicted molar refractivity (Wildman–Crippen MR) is 63.0 cm³/mol. The molecule has 0 bridgehead atoms. The third-order valence-electron chi connectivity index (χ3n) is 2.43. The lowest BCUT2D eigenvalue weighted by Crippen LogP contribution is -1.91. The highest BCUT2D eigenvalue weighted by Gasteiger charge is 2.14. The van der Waals surface area contributed by atoms with Crippen LogP contribution >= 0.6 is 15.9 Å². The van der Waals surface area contributed by atoms with Gasteiger partial charge in [0.15, 0.2) is 0 Å². The van der Waals surface area contributed by atoms with Crippen molar-refractivity contribution in [3.05, 3.63) is 50.5 Å². The van der Waals surface area contributed by atoms with Gasteiger partial charge >= 0.3 is 0 Å². The fraction of sp³-hybridized carbons (Fsp3) is 0.0909. The summed E-state index contributed by atoms with van der Waals surface area (Å²) in [7, 11) is 0. The van der Waals surface area contributed by atoms with Crippen LogP contribution in [0.4, 0.5) is 5.69 Å². The Hall–Kier alpha value is -1.42. The van der Waals surface area contributed by atoms with Crippen molar-refractivity contribution in [2.45, 2.75) is 6.92 Å². The maximum absolute atomic E-state index is 10.9. The monoisotopic (exact) mass is 265 g/mol. The van der Waals surface area contributed by atoms with Gasteiger partial charge in [0.25, 0.3) is 5.69 Å². The van der Waals surface area contributed by atoms with Gasteiger partial charge in [-0.1, -0.05) is 34.1 Å². The molecule has 4 heteroatoms. The first-order valence-electron chi connectivity index (χ1n) is 4.43. The topological polar surface area (TPSA) is 43.1 Å². The van der Waals surface area contributed by atoms with Gasteiger partial charge in [-0.15, -0.1) is 0 Å². The molecule has 0 aliphatic rings. The number of hydrogen-bond acceptors (Lipinski definition) is 2. The molecule has 0 heterocycles. The minimum Gasteiger partial charge on any atom is -0.258 e. The van der Waals surface area contributed by atoms with Gasteiger partial charge in [0.1, 0.15) is 0 Å². The van der Waals surface area contributed by atoms with Crippen LogP contribution in [0, 0.1) is 17.0 Å². The SMILES string of the molecule is Cc1c(Br)cc([N+](=O)[O-])c2ccccc12. The van der Waals surface area contributed by atoms with Gasteiger partial charge in [0, 0.05) is 10.5 Å². The number of nitro groups is 1. The summed E-state index contributed by atoms with van der Waals surface area (Å²) in [5, 5.41) is 12.5. The van der Waals surface area contributed by atoms with E-state index in [9.17, 15) is 10.1 Å². The van der Waals surface area contributed by atoms with Crippen LogP contribution in [0.3, 0.4) is 0 Å². The van der Waals surface area contributed by atoms with Crippen LogP contribution < -0.4 is 0 Å². The van der Waals surface area contributed by atoms with Crippen LogP contribution in [0.25, 0.3) is 10.8 Å². The molecule has 0 aromatic heterocycles. The molecule has 2 aromatic rings. The fourth-order valence-electron chi connectivity index (χ4n) is 1.62. The molecule has 0 aliphatic heterocycles. The lowest BCUT2D eigenvalue weighted by atomic mass is 10.0. The van der Waals surface area contributed by atoms with Crippen molar-refractivity contribution in [3.63, 3.8) is 0 Å². The average molecular weight is 266 g/mol. The van der Waals surface area contributed by atoms with E-state index < -0.39 is 0 Å². The molecular formula is C11H8BrNO2. The minimum atomic E-state index is -0.355. The first kappa shape index (κ1) is 10.1. The quantitative estimate of drug-likeness (QED) is 0.581. The third kappa shape index (κ3) is 1.61.